The number of ether oxygens (including phenoxy) is 1. The number of hydrogen-bond acceptors (Lipinski definition) is 2. The minimum atomic E-state index is -0.683. The van der Waals surface area contributed by atoms with E-state index in [9.17, 15) is 9.90 Å². The first-order valence-electron chi connectivity index (χ1n) is 10.7. The predicted octanol–water partition coefficient (Wildman–Crippen LogP) is 6.31. The van der Waals surface area contributed by atoms with Crippen LogP contribution in [0.25, 0.3) is 0 Å². The van der Waals surface area contributed by atoms with Crippen LogP contribution >= 0.6 is 0 Å². The Labute approximate surface area is 179 Å². The van der Waals surface area contributed by atoms with Gasteiger partial charge in [0.2, 0.25) is 0 Å². The number of aliphatic carboxylic acids is 1. The van der Waals surface area contributed by atoms with E-state index in [1.807, 2.05) is 72.8 Å². The first-order chi connectivity index (χ1) is 14.7. The van der Waals surface area contributed by atoms with Gasteiger partial charge >= 0.3 is 5.97 Å². The molecule has 0 aliphatic heterocycles. The minimum Gasteiger partial charge on any atom is -0.489 e. The third-order valence-electron chi connectivity index (χ3n) is 5.41. The van der Waals surface area contributed by atoms with E-state index in [4.69, 9.17) is 4.74 Å². The summed E-state index contributed by atoms with van der Waals surface area (Å²) in [5.74, 6) is -0.134. The molecule has 0 aromatic heterocycles. The molecule has 1 N–H and O–H groups in total. The molecule has 3 aromatic carbocycles. The van der Waals surface area contributed by atoms with Gasteiger partial charge in [0.1, 0.15) is 12.4 Å². The van der Waals surface area contributed by atoms with Crippen LogP contribution in [0.4, 0.5) is 0 Å². The Morgan fingerprint density at radius 2 is 1.30 bits per heavy atom. The summed E-state index contributed by atoms with van der Waals surface area (Å²) in [6.07, 6.45) is 5.16. The maximum atomic E-state index is 11.6. The highest BCUT2D eigenvalue weighted by Gasteiger charge is 2.16. The van der Waals surface area contributed by atoms with Crippen LogP contribution in [-0.2, 0) is 24.2 Å². The van der Waals surface area contributed by atoms with Gasteiger partial charge in [-0.15, -0.1) is 0 Å². The van der Waals surface area contributed by atoms with Crippen LogP contribution in [0.1, 0.15) is 42.4 Å². The van der Waals surface area contributed by atoms with Crippen molar-refractivity contribution >= 4 is 5.97 Å². The van der Waals surface area contributed by atoms with Crippen LogP contribution < -0.4 is 4.74 Å². The van der Waals surface area contributed by atoms with Gasteiger partial charge < -0.3 is 9.84 Å². The number of benzene rings is 3. The molecule has 156 valence electrons. The van der Waals surface area contributed by atoms with E-state index in [-0.39, 0.29) is 5.92 Å². The lowest BCUT2D eigenvalue weighted by Crippen LogP contribution is -2.14. The van der Waals surface area contributed by atoms with E-state index in [1.54, 1.807) is 0 Å². The Hall–Kier alpha value is -3.07. The van der Waals surface area contributed by atoms with Crippen molar-refractivity contribution in [3.8, 4) is 5.75 Å². The van der Waals surface area contributed by atoms with E-state index in [2.05, 4.69) is 12.1 Å². The molecule has 0 amide bonds. The molecule has 0 radical (unpaired) electrons. The van der Waals surface area contributed by atoms with Crippen molar-refractivity contribution in [3.05, 3.63) is 102 Å². The quantitative estimate of drug-likeness (QED) is 0.361. The molecule has 0 bridgehead atoms. The van der Waals surface area contributed by atoms with Gasteiger partial charge in [-0.1, -0.05) is 79.2 Å². The zero-order valence-electron chi connectivity index (χ0n) is 17.4. The summed E-state index contributed by atoms with van der Waals surface area (Å²) in [7, 11) is 0. The summed E-state index contributed by atoms with van der Waals surface area (Å²) in [4.78, 5) is 11.6. The van der Waals surface area contributed by atoms with Crippen molar-refractivity contribution in [1.29, 1.82) is 0 Å². The molecule has 1 atom stereocenters. The average Bonchev–Trinajstić information content (AvgIpc) is 2.79. The molecule has 3 heteroatoms. The Morgan fingerprint density at radius 3 is 1.93 bits per heavy atom. The fourth-order valence-electron chi connectivity index (χ4n) is 3.59. The molecule has 0 spiro atoms. The van der Waals surface area contributed by atoms with Crippen LogP contribution in [0.3, 0.4) is 0 Å². The van der Waals surface area contributed by atoms with Crippen LogP contribution in [0.5, 0.6) is 5.75 Å². The molecule has 0 unspecified atom stereocenters. The van der Waals surface area contributed by atoms with Gasteiger partial charge in [-0.2, -0.15) is 0 Å². The van der Waals surface area contributed by atoms with Crippen molar-refractivity contribution in [1.82, 2.24) is 0 Å². The number of hydrogen-bond donors (Lipinski definition) is 1. The largest absolute Gasteiger partial charge is 0.489 e. The molecule has 3 aromatic rings. The highest BCUT2D eigenvalue weighted by molar-refractivity contribution is 5.69. The van der Waals surface area contributed by atoms with E-state index in [1.165, 1.54) is 5.56 Å². The Bertz CT molecular complexity index is 873. The third-order valence-corrected chi connectivity index (χ3v) is 5.41. The van der Waals surface area contributed by atoms with Gasteiger partial charge in [-0.05, 0) is 60.9 Å². The van der Waals surface area contributed by atoms with E-state index < -0.39 is 5.97 Å². The SMILES string of the molecule is O=C(O)[C@H](CCCCc1ccccc1)CCc1ccc(OCc2ccccc2)cc1. The van der Waals surface area contributed by atoms with Crippen molar-refractivity contribution in [2.75, 3.05) is 0 Å². The monoisotopic (exact) mass is 402 g/mol. The summed E-state index contributed by atoms with van der Waals surface area (Å²) in [5, 5.41) is 9.57. The van der Waals surface area contributed by atoms with Gasteiger partial charge in [-0.25, -0.2) is 0 Å². The second-order valence-electron chi connectivity index (χ2n) is 7.72. The molecule has 0 heterocycles. The summed E-state index contributed by atoms with van der Waals surface area (Å²) >= 11 is 0. The molecule has 3 rings (SSSR count). The van der Waals surface area contributed by atoms with Crippen LogP contribution in [0.2, 0.25) is 0 Å². The van der Waals surface area contributed by atoms with Crippen molar-refractivity contribution in [2.45, 2.75) is 45.1 Å². The molecule has 3 nitrogen and oxygen atoms in total. The summed E-state index contributed by atoms with van der Waals surface area (Å²) < 4.78 is 5.82. The summed E-state index contributed by atoms with van der Waals surface area (Å²) in [6, 6.07) is 28.5. The predicted molar refractivity (Wildman–Crippen MR) is 121 cm³/mol. The maximum Gasteiger partial charge on any atom is 0.306 e. The second-order valence-corrected chi connectivity index (χ2v) is 7.72. The first-order valence-corrected chi connectivity index (χ1v) is 10.7. The molecule has 0 saturated heterocycles. The molecular formula is C27H30O3. The molecular weight excluding hydrogens is 372 g/mol. The smallest absolute Gasteiger partial charge is 0.306 e. The average molecular weight is 403 g/mol. The van der Waals surface area contributed by atoms with Gasteiger partial charge in [-0.3, -0.25) is 4.79 Å². The lowest BCUT2D eigenvalue weighted by Gasteiger charge is -2.13. The van der Waals surface area contributed by atoms with Crippen LogP contribution in [0.15, 0.2) is 84.9 Å². The molecule has 30 heavy (non-hydrogen) atoms. The fraction of sp³-hybridized carbons (Fsp3) is 0.296. The normalized spacial score (nSPS) is 11.7. The van der Waals surface area contributed by atoms with Crippen molar-refractivity contribution < 1.29 is 14.6 Å². The van der Waals surface area contributed by atoms with E-state index in [0.29, 0.717) is 13.0 Å². The van der Waals surface area contributed by atoms with E-state index in [0.717, 1.165) is 49.0 Å². The molecule has 0 fully saturated rings. The Kier molecular flexibility index (Phi) is 8.52. The Balaban J connectivity index is 1.40. The highest BCUT2D eigenvalue weighted by Crippen LogP contribution is 2.20. The number of unbranched alkanes of at least 4 members (excludes halogenated alkanes) is 1. The highest BCUT2D eigenvalue weighted by atomic mass is 16.5. The zero-order valence-corrected chi connectivity index (χ0v) is 17.4. The number of carbonyl (C=O) groups is 1. The number of carboxylic acid groups (broad SMARTS) is 1. The summed E-state index contributed by atoms with van der Waals surface area (Å²) in [6.45, 7) is 0.546. The standard InChI is InChI=1S/C27H30O3/c28-27(29)25(14-8-7-11-22-9-3-1-4-10-22)18-15-23-16-19-26(20-17-23)30-21-24-12-5-2-6-13-24/h1-6,9-10,12-13,16-17,19-20,25H,7-8,11,14-15,18,21H2,(H,28,29)/t25-/m1/s1. The second kappa shape index (κ2) is 11.8. The number of carboxylic acids is 1. The number of rotatable bonds is 12. The minimum absolute atomic E-state index is 0.283. The van der Waals surface area contributed by atoms with Gasteiger partial charge in [0, 0.05) is 0 Å². The zero-order chi connectivity index (χ0) is 21.0. The van der Waals surface area contributed by atoms with Gasteiger partial charge in [0.15, 0.2) is 0 Å². The van der Waals surface area contributed by atoms with Crippen molar-refractivity contribution in [2.24, 2.45) is 5.92 Å². The molecule has 0 aliphatic carbocycles. The maximum absolute atomic E-state index is 11.6. The topological polar surface area (TPSA) is 46.5 Å². The van der Waals surface area contributed by atoms with Crippen LogP contribution in [-0.4, -0.2) is 11.1 Å². The molecule has 0 saturated carbocycles. The van der Waals surface area contributed by atoms with Gasteiger partial charge in [0.05, 0.1) is 5.92 Å². The summed E-state index contributed by atoms with van der Waals surface area (Å²) in [5.41, 5.74) is 3.61. The van der Waals surface area contributed by atoms with Gasteiger partial charge in [0.25, 0.3) is 0 Å². The Morgan fingerprint density at radius 1 is 0.700 bits per heavy atom. The lowest BCUT2D eigenvalue weighted by molar-refractivity contribution is -0.142. The third kappa shape index (κ3) is 7.40. The lowest BCUT2D eigenvalue weighted by atomic mass is 9.93. The first kappa shape index (κ1) is 21.6. The fourth-order valence-corrected chi connectivity index (χ4v) is 3.59. The van der Waals surface area contributed by atoms with Crippen LogP contribution in [0, 0.1) is 5.92 Å². The number of aryl methyl sites for hydroxylation is 2. The van der Waals surface area contributed by atoms with Crippen molar-refractivity contribution in [3.63, 3.8) is 0 Å². The molecule has 0 aliphatic rings. The van der Waals surface area contributed by atoms with E-state index >= 15 is 0 Å².